The van der Waals surface area contributed by atoms with Crippen LogP contribution in [-0.2, 0) is 32.1 Å². The Morgan fingerprint density at radius 3 is 2.18 bits per heavy atom. The lowest BCUT2D eigenvalue weighted by Gasteiger charge is -2.20. The number of carboxylic acids is 1. The van der Waals surface area contributed by atoms with Gasteiger partial charge in [-0.05, 0) is 40.8 Å². The fourth-order valence-corrected chi connectivity index (χ4v) is 3.71. The number of hydrogen-bond acceptors (Lipinski definition) is 6. The lowest BCUT2D eigenvalue weighted by molar-refractivity contribution is -0.147. The summed E-state index contributed by atoms with van der Waals surface area (Å²) in [6.45, 7) is -0.0417. The first kappa shape index (κ1) is 28.2. The minimum atomic E-state index is -1.76. The molecule has 3 aromatic rings. The first-order chi connectivity index (χ1) is 18.2. The van der Waals surface area contributed by atoms with Gasteiger partial charge in [0.05, 0.1) is 0 Å². The number of amides is 3. The third kappa shape index (κ3) is 8.91. The molecule has 3 amide bonds. The van der Waals surface area contributed by atoms with Crippen LogP contribution >= 0.6 is 11.6 Å². The van der Waals surface area contributed by atoms with Crippen molar-refractivity contribution in [2.75, 3.05) is 0 Å². The van der Waals surface area contributed by atoms with Gasteiger partial charge < -0.3 is 20.3 Å². The van der Waals surface area contributed by atoms with Crippen molar-refractivity contribution in [3.05, 3.63) is 95.0 Å². The van der Waals surface area contributed by atoms with Crippen LogP contribution in [0.5, 0.6) is 0 Å². The van der Waals surface area contributed by atoms with Crippen LogP contribution in [0.15, 0.2) is 78.9 Å². The summed E-state index contributed by atoms with van der Waals surface area (Å²) in [7, 11) is 0. The molecular weight excluding hydrogens is 514 g/mol. The van der Waals surface area contributed by atoms with E-state index in [1.54, 1.807) is 48.5 Å². The zero-order valence-electron chi connectivity index (χ0n) is 20.1. The summed E-state index contributed by atoms with van der Waals surface area (Å²) in [6, 6.07) is 22.5. The molecule has 0 aliphatic rings. The second-order valence-corrected chi connectivity index (χ2v) is 8.75. The van der Waals surface area contributed by atoms with Crippen LogP contribution < -0.4 is 16.2 Å². The van der Waals surface area contributed by atoms with Crippen LogP contribution in [0.25, 0.3) is 11.1 Å². The molecule has 5 N–H and O–H groups in total. The highest BCUT2D eigenvalue weighted by atomic mass is 35.5. The standard InChI is InChI=1S/C27H26ClN3O7/c28-21-8-4-7-20(14-21)19-11-9-17(10-12-19)13-22(15-23(32)26(35)36)29-24(33)25(34)30-31-27(37)38-16-18-5-2-1-3-6-18/h1-12,14,22-23,32H,13,15-16H2,(H,29,33)(H,30,34)(H,31,37)(H,35,36)/t22-,23-/m1/s1. The van der Waals surface area contributed by atoms with E-state index < -0.39 is 36.0 Å². The monoisotopic (exact) mass is 539 g/mol. The number of rotatable bonds is 9. The molecule has 0 spiro atoms. The van der Waals surface area contributed by atoms with E-state index in [9.17, 15) is 24.3 Å². The molecule has 198 valence electrons. The smallest absolute Gasteiger partial charge is 0.426 e. The van der Waals surface area contributed by atoms with Gasteiger partial charge in [-0.2, -0.15) is 0 Å². The number of aliphatic hydroxyl groups is 1. The maximum absolute atomic E-state index is 12.4. The average molecular weight is 540 g/mol. The molecule has 2 atom stereocenters. The zero-order valence-corrected chi connectivity index (χ0v) is 20.9. The molecule has 0 saturated carbocycles. The van der Waals surface area contributed by atoms with Crippen LogP contribution in [0.2, 0.25) is 5.02 Å². The van der Waals surface area contributed by atoms with Crippen molar-refractivity contribution >= 4 is 35.5 Å². The van der Waals surface area contributed by atoms with Gasteiger partial charge in [-0.3, -0.25) is 15.0 Å². The van der Waals surface area contributed by atoms with Crippen molar-refractivity contribution in [2.24, 2.45) is 0 Å². The quantitative estimate of drug-likeness (QED) is 0.207. The second kappa shape index (κ2) is 13.8. The molecule has 0 unspecified atom stereocenters. The van der Waals surface area contributed by atoms with Crippen molar-refractivity contribution in [1.82, 2.24) is 16.2 Å². The molecule has 38 heavy (non-hydrogen) atoms. The Labute approximate surface area is 223 Å². The Kier molecular flexibility index (Phi) is 10.2. The van der Waals surface area contributed by atoms with E-state index >= 15 is 0 Å². The Hall–Kier alpha value is -4.41. The number of carbonyl (C=O) groups excluding carboxylic acids is 3. The Morgan fingerprint density at radius 2 is 1.53 bits per heavy atom. The van der Waals surface area contributed by atoms with E-state index in [0.717, 1.165) is 22.3 Å². The zero-order chi connectivity index (χ0) is 27.5. The van der Waals surface area contributed by atoms with Crippen LogP contribution in [0.4, 0.5) is 4.79 Å². The highest BCUT2D eigenvalue weighted by Gasteiger charge is 2.25. The number of hydrogen-bond donors (Lipinski definition) is 5. The molecule has 3 rings (SSSR count). The summed E-state index contributed by atoms with van der Waals surface area (Å²) in [5.74, 6) is -3.80. The minimum Gasteiger partial charge on any atom is -0.479 e. The Bertz CT molecular complexity index is 1270. The summed E-state index contributed by atoms with van der Waals surface area (Å²) in [4.78, 5) is 47.5. The number of nitrogens with one attached hydrogen (secondary N) is 3. The molecule has 0 bridgehead atoms. The SMILES string of the molecule is O=C(NNC(=O)C(=O)N[C@H](Cc1ccc(-c2cccc(Cl)c2)cc1)C[C@@H](O)C(=O)O)OCc1ccccc1. The second-order valence-electron chi connectivity index (χ2n) is 8.31. The minimum absolute atomic E-state index is 0.0417. The third-order valence-corrected chi connectivity index (χ3v) is 5.65. The molecule has 10 nitrogen and oxygen atoms in total. The van der Waals surface area contributed by atoms with E-state index in [1.807, 2.05) is 41.2 Å². The van der Waals surface area contributed by atoms with Crippen molar-refractivity contribution in [2.45, 2.75) is 31.6 Å². The summed E-state index contributed by atoms with van der Waals surface area (Å²) in [6.07, 6.45) is -2.96. The largest absolute Gasteiger partial charge is 0.479 e. The van der Waals surface area contributed by atoms with Gasteiger partial charge in [0.25, 0.3) is 0 Å². The van der Waals surface area contributed by atoms with Crippen molar-refractivity contribution in [1.29, 1.82) is 0 Å². The Balaban J connectivity index is 1.57. The molecular formula is C27H26ClN3O7. The molecule has 0 fully saturated rings. The van der Waals surface area contributed by atoms with Gasteiger partial charge in [-0.15, -0.1) is 0 Å². The predicted molar refractivity (Wildman–Crippen MR) is 139 cm³/mol. The molecule has 0 heterocycles. The fraction of sp³-hybridized carbons (Fsp3) is 0.185. The maximum Gasteiger partial charge on any atom is 0.426 e. The summed E-state index contributed by atoms with van der Waals surface area (Å²) >= 11 is 6.05. The van der Waals surface area contributed by atoms with E-state index in [1.165, 1.54) is 0 Å². The van der Waals surface area contributed by atoms with Gasteiger partial charge >= 0.3 is 23.9 Å². The maximum atomic E-state index is 12.4. The highest BCUT2D eigenvalue weighted by Crippen LogP contribution is 2.23. The molecule has 0 aliphatic carbocycles. The van der Waals surface area contributed by atoms with Gasteiger partial charge in [0.15, 0.2) is 6.10 Å². The summed E-state index contributed by atoms with van der Waals surface area (Å²) in [5, 5.41) is 21.9. The summed E-state index contributed by atoms with van der Waals surface area (Å²) in [5.41, 5.74) is 7.15. The van der Waals surface area contributed by atoms with Crippen LogP contribution in [0.3, 0.4) is 0 Å². The number of halogens is 1. The van der Waals surface area contributed by atoms with E-state index in [0.29, 0.717) is 5.02 Å². The third-order valence-electron chi connectivity index (χ3n) is 5.42. The molecule has 3 aromatic carbocycles. The number of ether oxygens (including phenoxy) is 1. The molecule has 0 saturated heterocycles. The molecule has 0 aromatic heterocycles. The predicted octanol–water partition coefficient (Wildman–Crippen LogP) is 2.83. The van der Waals surface area contributed by atoms with Gasteiger partial charge in [0.1, 0.15) is 6.61 Å². The van der Waals surface area contributed by atoms with Crippen LogP contribution in [0, 0.1) is 0 Å². The number of carboxylic acid groups (broad SMARTS) is 1. The summed E-state index contributed by atoms with van der Waals surface area (Å²) < 4.78 is 4.94. The van der Waals surface area contributed by atoms with Crippen LogP contribution in [0.1, 0.15) is 17.5 Å². The van der Waals surface area contributed by atoms with E-state index in [-0.39, 0.29) is 19.4 Å². The highest BCUT2D eigenvalue weighted by molar-refractivity contribution is 6.35. The topological polar surface area (TPSA) is 154 Å². The number of carbonyl (C=O) groups is 4. The number of aliphatic carboxylic acids is 1. The molecule has 0 radical (unpaired) electrons. The number of aliphatic hydroxyl groups excluding tert-OH is 1. The molecule has 11 heteroatoms. The lowest BCUT2D eigenvalue weighted by Crippen LogP contribution is -2.51. The van der Waals surface area contributed by atoms with Gasteiger partial charge in [-0.1, -0.05) is 78.3 Å². The van der Waals surface area contributed by atoms with Crippen LogP contribution in [-0.4, -0.2) is 46.2 Å². The molecule has 0 aliphatic heterocycles. The number of hydrazine groups is 1. The van der Waals surface area contributed by atoms with Gasteiger partial charge in [0.2, 0.25) is 0 Å². The normalized spacial score (nSPS) is 12.1. The first-order valence-corrected chi connectivity index (χ1v) is 11.9. The average Bonchev–Trinajstić information content (AvgIpc) is 2.91. The van der Waals surface area contributed by atoms with Crippen molar-refractivity contribution in [3.63, 3.8) is 0 Å². The Morgan fingerprint density at radius 1 is 0.816 bits per heavy atom. The van der Waals surface area contributed by atoms with E-state index in [2.05, 4.69) is 5.32 Å². The van der Waals surface area contributed by atoms with E-state index in [4.69, 9.17) is 21.4 Å². The van der Waals surface area contributed by atoms with Gasteiger partial charge in [-0.25, -0.2) is 15.0 Å². The first-order valence-electron chi connectivity index (χ1n) is 11.5. The fourth-order valence-electron chi connectivity index (χ4n) is 3.52. The lowest BCUT2D eigenvalue weighted by atomic mass is 9.98. The van der Waals surface area contributed by atoms with Crippen molar-refractivity contribution in [3.8, 4) is 11.1 Å². The van der Waals surface area contributed by atoms with Gasteiger partial charge in [0, 0.05) is 17.5 Å². The number of benzene rings is 3. The van der Waals surface area contributed by atoms with Crippen molar-refractivity contribution < 1.29 is 34.1 Å².